The molecule has 0 bridgehead atoms. The zero-order valence-electron chi connectivity index (χ0n) is 8.24. The van der Waals surface area contributed by atoms with Crippen molar-refractivity contribution >= 4 is 0 Å². The molecule has 3 heteroatoms. The summed E-state index contributed by atoms with van der Waals surface area (Å²) in [6, 6.07) is 0.668. The quantitative estimate of drug-likeness (QED) is 0.689. The highest BCUT2D eigenvalue weighted by molar-refractivity contribution is 4.80. The molecule has 2 aliphatic rings. The van der Waals surface area contributed by atoms with E-state index in [1.165, 1.54) is 32.4 Å². The maximum Gasteiger partial charge on any atom is 0.0516 e. The Bertz CT molecular complexity index is 159. The third kappa shape index (κ3) is 2.22. The molecule has 2 fully saturated rings. The first-order valence-corrected chi connectivity index (χ1v) is 5.42. The van der Waals surface area contributed by atoms with Crippen LogP contribution in [0.15, 0.2) is 0 Å². The normalized spacial score (nSPS) is 30.7. The van der Waals surface area contributed by atoms with E-state index in [-0.39, 0.29) is 0 Å². The molecule has 13 heavy (non-hydrogen) atoms. The Labute approximate surface area is 80.2 Å². The van der Waals surface area contributed by atoms with Crippen molar-refractivity contribution in [3.05, 3.63) is 0 Å². The van der Waals surface area contributed by atoms with Crippen molar-refractivity contribution in [2.75, 3.05) is 32.8 Å². The molecule has 0 aliphatic carbocycles. The second-order valence-corrected chi connectivity index (χ2v) is 4.26. The van der Waals surface area contributed by atoms with Gasteiger partial charge in [0.1, 0.15) is 0 Å². The molecular formula is C10H20N2O. The highest BCUT2D eigenvalue weighted by Crippen LogP contribution is 2.20. The van der Waals surface area contributed by atoms with Gasteiger partial charge < -0.3 is 10.5 Å². The average Bonchev–Trinajstić information content (AvgIpc) is 2.49. The lowest BCUT2D eigenvalue weighted by Gasteiger charge is -2.30. The topological polar surface area (TPSA) is 38.5 Å². The molecule has 0 saturated carbocycles. The van der Waals surface area contributed by atoms with Crippen LogP contribution in [-0.4, -0.2) is 43.8 Å². The van der Waals surface area contributed by atoms with Crippen LogP contribution in [0.4, 0.5) is 0 Å². The average molecular weight is 184 g/mol. The molecule has 1 atom stereocenters. The number of rotatable bonds is 4. The summed E-state index contributed by atoms with van der Waals surface area (Å²) in [7, 11) is 0. The van der Waals surface area contributed by atoms with Gasteiger partial charge in [0.2, 0.25) is 0 Å². The SMILES string of the molecule is NCC1CCCN1CCC1COC1. The summed E-state index contributed by atoms with van der Waals surface area (Å²) in [5.74, 6) is 0.832. The van der Waals surface area contributed by atoms with E-state index >= 15 is 0 Å². The standard InChI is InChI=1S/C10H20N2O/c11-6-10-2-1-4-12(10)5-3-9-7-13-8-9/h9-10H,1-8,11H2. The second-order valence-electron chi connectivity index (χ2n) is 4.26. The van der Waals surface area contributed by atoms with E-state index in [1.807, 2.05) is 0 Å². The van der Waals surface area contributed by atoms with Gasteiger partial charge >= 0.3 is 0 Å². The highest BCUT2D eigenvalue weighted by atomic mass is 16.5. The summed E-state index contributed by atoms with van der Waals surface area (Å²) >= 11 is 0. The van der Waals surface area contributed by atoms with Crippen molar-refractivity contribution in [3.63, 3.8) is 0 Å². The molecular weight excluding hydrogens is 164 g/mol. The first-order valence-electron chi connectivity index (χ1n) is 5.42. The van der Waals surface area contributed by atoms with Gasteiger partial charge in [0, 0.05) is 18.5 Å². The van der Waals surface area contributed by atoms with Gasteiger partial charge in [-0.25, -0.2) is 0 Å². The smallest absolute Gasteiger partial charge is 0.0516 e. The molecule has 3 nitrogen and oxygen atoms in total. The zero-order valence-corrected chi connectivity index (χ0v) is 8.24. The van der Waals surface area contributed by atoms with Crippen LogP contribution < -0.4 is 5.73 Å². The maximum absolute atomic E-state index is 5.71. The lowest BCUT2D eigenvalue weighted by Crippen LogP contribution is -2.38. The van der Waals surface area contributed by atoms with Gasteiger partial charge in [0.25, 0.3) is 0 Å². The molecule has 0 aromatic carbocycles. The first kappa shape index (κ1) is 9.44. The fraction of sp³-hybridized carbons (Fsp3) is 1.00. The number of likely N-dealkylation sites (tertiary alicyclic amines) is 1. The first-order chi connectivity index (χ1) is 6.40. The third-order valence-corrected chi connectivity index (χ3v) is 3.30. The number of hydrogen-bond donors (Lipinski definition) is 1. The van der Waals surface area contributed by atoms with E-state index in [0.717, 1.165) is 25.7 Å². The van der Waals surface area contributed by atoms with Crippen LogP contribution in [0, 0.1) is 5.92 Å². The van der Waals surface area contributed by atoms with Crippen LogP contribution in [0.2, 0.25) is 0 Å². The van der Waals surface area contributed by atoms with Gasteiger partial charge in [-0.2, -0.15) is 0 Å². The molecule has 2 saturated heterocycles. The van der Waals surface area contributed by atoms with Crippen molar-refractivity contribution in [1.82, 2.24) is 4.90 Å². The summed E-state index contributed by atoms with van der Waals surface area (Å²) in [4.78, 5) is 2.55. The summed E-state index contributed by atoms with van der Waals surface area (Å²) in [6.45, 7) is 5.30. The van der Waals surface area contributed by atoms with Crippen LogP contribution in [0.25, 0.3) is 0 Å². The number of hydrogen-bond acceptors (Lipinski definition) is 3. The predicted molar refractivity (Wildman–Crippen MR) is 52.6 cm³/mol. The summed E-state index contributed by atoms with van der Waals surface area (Å²) < 4.78 is 5.16. The van der Waals surface area contributed by atoms with E-state index in [4.69, 9.17) is 10.5 Å². The van der Waals surface area contributed by atoms with Gasteiger partial charge in [-0.3, -0.25) is 4.90 Å². The lowest BCUT2D eigenvalue weighted by molar-refractivity contribution is -0.0392. The van der Waals surface area contributed by atoms with Crippen LogP contribution in [-0.2, 0) is 4.74 Å². The minimum Gasteiger partial charge on any atom is -0.381 e. The van der Waals surface area contributed by atoms with Crippen molar-refractivity contribution in [1.29, 1.82) is 0 Å². The summed E-state index contributed by atoms with van der Waals surface area (Å²) in [5, 5.41) is 0. The van der Waals surface area contributed by atoms with Gasteiger partial charge in [-0.15, -0.1) is 0 Å². The number of nitrogens with two attached hydrogens (primary N) is 1. The van der Waals surface area contributed by atoms with Crippen molar-refractivity contribution in [2.24, 2.45) is 11.7 Å². The van der Waals surface area contributed by atoms with E-state index in [1.54, 1.807) is 0 Å². The van der Waals surface area contributed by atoms with Gasteiger partial charge in [-0.05, 0) is 32.4 Å². The van der Waals surface area contributed by atoms with Crippen LogP contribution in [0.1, 0.15) is 19.3 Å². The Hall–Kier alpha value is -0.120. The molecule has 2 N–H and O–H groups in total. The van der Waals surface area contributed by atoms with Crippen LogP contribution >= 0.6 is 0 Å². The van der Waals surface area contributed by atoms with Crippen molar-refractivity contribution < 1.29 is 4.74 Å². The molecule has 0 aromatic heterocycles. The minimum absolute atomic E-state index is 0.668. The largest absolute Gasteiger partial charge is 0.381 e. The Morgan fingerprint density at radius 2 is 2.23 bits per heavy atom. The molecule has 76 valence electrons. The Morgan fingerprint density at radius 3 is 2.85 bits per heavy atom. The predicted octanol–water partition coefficient (Wildman–Crippen LogP) is 0.446. The second kappa shape index (κ2) is 4.40. The molecule has 0 spiro atoms. The molecule has 1 unspecified atom stereocenters. The van der Waals surface area contributed by atoms with Gasteiger partial charge in [0.15, 0.2) is 0 Å². The molecule has 0 aromatic rings. The molecule has 0 amide bonds. The summed E-state index contributed by atoms with van der Waals surface area (Å²) in [6.07, 6.45) is 3.94. The monoisotopic (exact) mass is 184 g/mol. The Morgan fingerprint density at radius 1 is 1.38 bits per heavy atom. The maximum atomic E-state index is 5.71. The molecule has 2 heterocycles. The van der Waals surface area contributed by atoms with Crippen molar-refractivity contribution in [2.45, 2.75) is 25.3 Å². The fourth-order valence-electron chi connectivity index (χ4n) is 2.26. The fourth-order valence-corrected chi connectivity index (χ4v) is 2.26. The molecule has 0 radical (unpaired) electrons. The van der Waals surface area contributed by atoms with E-state index in [2.05, 4.69) is 4.90 Å². The third-order valence-electron chi connectivity index (χ3n) is 3.30. The minimum atomic E-state index is 0.668. The molecule has 2 aliphatic heterocycles. The van der Waals surface area contributed by atoms with Crippen molar-refractivity contribution in [3.8, 4) is 0 Å². The molecule has 2 rings (SSSR count). The van der Waals surface area contributed by atoms with Crippen LogP contribution in [0.3, 0.4) is 0 Å². The lowest BCUT2D eigenvalue weighted by atomic mass is 10.0. The van der Waals surface area contributed by atoms with E-state index in [9.17, 15) is 0 Å². The van der Waals surface area contributed by atoms with Gasteiger partial charge in [0.05, 0.1) is 13.2 Å². The Kier molecular flexibility index (Phi) is 3.19. The highest BCUT2D eigenvalue weighted by Gasteiger charge is 2.25. The van der Waals surface area contributed by atoms with Crippen LogP contribution in [0.5, 0.6) is 0 Å². The Balaban J connectivity index is 1.67. The number of ether oxygens (including phenoxy) is 1. The van der Waals surface area contributed by atoms with Gasteiger partial charge in [-0.1, -0.05) is 0 Å². The summed E-state index contributed by atoms with van der Waals surface area (Å²) in [5.41, 5.74) is 5.71. The number of nitrogens with zero attached hydrogens (tertiary/aromatic N) is 1. The van der Waals surface area contributed by atoms with E-state index < -0.39 is 0 Å². The van der Waals surface area contributed by atoms with E-state index in [0.29, 0.717) is 6.04 Å². The zero-order chi connectivity index (χ0) is 9.10.